The maximum Gasteiger partial charge on any atom is 0.230 e. The molecule has 0 spiro atoms. The number of pyridine rings is 1. The molecule has 0 saturated carbocycles. The molecule has 0 aliphatic heterocycles. The summed E-state index contributed by atoms with van der Waals surface area (Å²) in [6.07, 6.45) is 1.62. The molecule has 4 nitrogen and oxygen atoms in total. The van der Waals surface area contributed by atoms with Gasteiger partial charge in [0.2, 0.25) is 5.91 Å². The first kappa shape index (κ1) is 15.1. The van der Waals surface area contributed by atoms with Crippen LogP contribution < -0.4 is 5.32 Å². The van der Waals surface area contributed by atoms with E-state index < -0.39 is 0 Å². The maximum absolute atomic E-state index is 11.8. The number of nitriles is 1. The van der Waals surface area contributed by atoms with Gasteiger partial charge >= 0.3 is 0 Å². The highest BCUT2D eigenvalue weighted by molar-refractivity contribution is 7.99. The number of carbonyl (C=O) groups is 1. The third kappa shape index (κ3) is 4.62. The van der Waals surface area contributed by atoms with Gasteiger partial charge in [0.15, 0.2) is 0 Å². The standard InChI is InChI=1S/C16H15N3OS/c1-12-4-6-13(7-5-12)10-19-15(20)11-21-16-14(9-17)3-2-8-18-16/h2-8H,10-11H2,1H3,(H,19,20). The Morgan fingerprint density at radius 2 is 2.10 bits per heavy atom. The fourth-order valence-electron chi connectivity index (χ4n) is 1.68. The van der Waals surface area contributed by atoms with Gasteiger partial charge in [-0.05, 0) is 24.6 Å². The molecule has 21 heavy (non-hydrogen) atoms. The Kier molecular flexibility index (Phi) is 5.35. The van der Waals surface area contributed by atoms with Crippen molar-refractivity contribution in [2.75, 3.05) is 5.75 Å². The number of aromatic nitrogens is 1. The minimum absolute atomic E-state index is 0.0740. The lowest BCUT2D eigenvalue weighted by atomic mass is 10.1. The van der Waals surface area contributed by atoms with Crippen molar-refractivity contribution < 1.29 is 4.79 Å². The van der Waals surface area contributed by atoms with E-state index in [1.54, 1.807) is 18.3 Å². The molecule has 0 radical (unpaired) electrons. The summed E-state index contributed by atoms with van der Waals surface area (Å²) in [4.78, 5) is 15.9. The van der Waals surface area contributed by atoms with Crippen LogP contribution in [0.15, 0.2) is 47.6 Å². The quantitative estimate of drug-likeness (QED) is 0.862. The Balaban J connectivity index is 1.82. The van der Waals surface area contributed by atoms with E-state index in [2.05, 4.69) is 16.4 Å². The van der Waals surface area contributed by atoms with Gasteiger partial charge in [0, 0.05) is 12.7 Å². The van der Waals surface area contributed by atoms with E-state index >= 15 is 0 Å². The minimum atomic E-state index is -0.0740. The molecule has 106 valence electrons. The minimum Gasteiger partial charge on any atom is -0.351 e. The number of carbonyl (C=O) groups excluding carboxylic acids is 1. The molecule has 1 aromatic heterocycles. The van der Waals surface area contributed by atoms with Gasteiger partial charge < -0.3 is 5.32 Å². The van der Waals surface area contributed by atoms with Crippen LogP contribution in [0.2, 0.25) is 0 Å². The summed E-state index contributed by atoms with van der Waals surface area (Å²) in [6, 6.07) is 13.5. The summed E-state index contributed by atoms with van der Waals surface area (Å²) in [5, 5.41) is 12.4. The highest BCUT2D eigenvalue weighted by Crippen LogP contribution is 2.18. The average Bonchev–Trinajstić information content (AvgIpc) is 2.52. The summed E-state index contributed by atoms with van der Waals surface area (Å²) in [5.74, 6) is 0.174. The first-order valence-electron chi connectivity index (χ1n) is 6.49. The number of hydrogen-bond donors (Lipinski definition) is 1. The molecule has 1 aromatic carbocycles. The van der Waals surface area contributed by atoms with E-state index in [1.165, 1.54) is 17.3 Å². The summed E-state index contributed by atoms with van der Waals surface area (Å²) in [7, 11) is 0. The van der Waals surface area contributed by atoms with Gasteiger partial charge in [-0.2, -0.15) is 5.26 Å². The highest BCUT2D eigenvalue weighted by atomic mass is 32.2. The van der Waals surface area contributed by atoms with Crippen LogP contribution in [-0.4, -0.2) is 16.6 Å². The zero-order chi connectivity index (χ0) is 15.1. The Morgan fingerprint density at radius 3 is 2.81 bits per heavy atom. The van der Waals surface area contributed by atoms with Crippen LogP contribution in [0.3, 0.4) is 0 Å². The smallest absolute Gasteiger partial charge is 0.230 e. The van der Waals surface area contributed by atoms with Crippen molar-refractivity contribution in [2.45, 2.75) is 18.5 Å². The molecule has 0 atom stereocenters. The molecule has 2 rings (SSSR count). The summed E-state index contributed by atoms with van der Waals surface area (Å²) in [6.45, 7) is 2.53. The molecule has 1 heterocycles. The molecule has 0 fully saturated rings. The van der Waals surface area contributed by atoms with E-state index in [0.29, 0.717) is 17.1 Å². The Morgan fingerprint density at radius 1 is 1.33 bits per heavy atom. The van der Waals surface area contributed by atoms with Gasteiger partial charge in [0.1, 0.15) is 11.1 Å². The molecular formula is C16H15N3OS. The van der Waals surface area contributed by atoms with Crippen LogP contribution in [0.1, 0.15) is 16.7 Å². The Labute approximate surface area is 128 Å². The normalized spacial score (nSPS) is 9.90. The van der Waals surface area contributed by atoms with Crippen molar-refractivity contribution in [1.29, 1.82) is 5.26 Å². The lowest BCUT2D eigenvalue weighted by molar-refractivity contribution is -0.118. The van der Waals surface area contributed by atoms with E-state index in [4.69, 9.17) is 5.26 Å². The second kappa shape index (κ2) is 7.46. The van der Waals surface area contributed by atoms with Crippen LogP contribution in [0.5, 0.6) is 0 Å². The van der Waals surface area contributed by atoms with Crippen molar-refractivity contribution >= 4 is 17.7 Å². The monoisotopic (exact) mass is 297 g/mol. The number of nitrogens with one attached hydrogen (secondary N) is 1. The summed E-state index contributed by atoms with van der Waals surface area (Å²) in [5.41, 5.74) is 2.75. The first-order chi connectivity index (χ1) is 10.2. The van der Waals surface area contributed by atoms with E-state index in [1.807, 2.05) is 31.2 Å². The van der Waals surface area contributed by atoms with Crippen LogP contribution >= 0.6 is 11.8 Å². The van der Waals surface area contributed by atoms with E-state index in [0.717, 1.165) is 5.56 Å². The topological polar surface area (TPSA) is 65.8 Å². The highest BCUT2D eigenvalue weighted by Gasteiger charge is 2.07. The van der Waals surface area contributed by atoms with Crippen LogP contribution in [0.25, 0.3) is 0 Å². The van der Waals surface area contributed by atoms with Gasteiger partial charge in [0.25, 0.3) is 0 Å². The lowest BCUT2D eigenvalue weighted by Gasteiger charge is -2.06. The lowest BCUT2D eigenvalue weighted by Crippen LogP contribution is -2.24. The number of aryl methyl sites for hydroxylation is 1. The molecule has 0 aliphatic carbocycles. The van der Waals surface area contributed by atoms with E-state index in [-0.39, 0.29) is 11.7 Å². The first-order valence-corrected chi connectivity index (χ1v) is 7.48. The fourth-order valence-corrected chi connectivity index (χ4v) is 2.46. The predicted octanol–water partition coefficient (Wildman–Crippen LogP) is 2.67. The van der Waals surface area contributed by atoms with Gasteiger partial charge in [-0.25, -0.2) is 4.98 Å². The van der Waals surface area contributed by atoms with Gasteiger partial charge in [-0.3, -0.25) is 4.79 Å². The van der Waals surface area contributed by atoms with Crippen molar-refractivity contribution in [3.8, 4) is 6.07 Å². The number of hydrogen-bond acceptors (Lipinski definition) is 4. The molecule has 1 N–H and O–H groups in total. The third-order valence-electron chi connectivity index (χ3n) is 2.84. The van der Waals surface area contributed by atoms with Crippen LogP contribution in [0.4, 0.5) is 0 Å². The third-order valence-corrected chi connectivity index (χ3v) is 3.85. The zero-order valence-corrected chi connectivity index (χ0v) is 12.5. The van der Waals surface area contributed by atoms with Gasteiger partial charge in [-0.1, -0.05) is 41.6 Å². The maximum atomic E-state index is 11.8. The van der Waals surface area contributed by atoms with Crippen molar-refractivity contribution in [3.63, 3.8) is 0 Å². The largest absolute Gasteiger partial charge is 0.351 e. The summed E-state index contributed by atoms with van der Waals surface area (Å²) >= 11 is 1.27. The molecule has 0 bridgehead atoms. The fraction of sp³-hybridized carbons (Fsp3) is 0.188. The van der Waals surface area contributed by atoms with Gasteiger partial charge in [0.05, 0.1) is 11.3 Å². The number of amides is 1. The van der Waals surface area contributed by atoms with Crippen LogP contribution in [0, 0.1) is 18.3 Å². The Bertz CT molecular complexity index is 662. The molecule has 5 heteroatoms. The molecule has 0 saturated heterocycles. The molecule has 1 amide bonds. The van der Waals surface area contributed by atoms with Crippen LogP contribution in [-0.2, 0) is 11.3 Å². The average molecular weight is 297 g/mol. The molecule has 0 unspecified atom stereocenters. The summed E-state index contributed by atoms with van der Waals surface area (Å²) < 4.78 is 0. The van der Waals surface area contributed by atoms with E-state index in [9.17, 15) is 4.79 Å². The zero-order valence-electron chi connectivity index (χ0n) is 11.7. The second-order valence-corrected chi connectivity index (χ2v) is 5.48. The van der Waals surface area contributed by atoms with Gasteiger partial charge in [-0.15, -0.1) is 0 Å². The number of thioether (sulfide) groups is 1. The molecular weight excluding hydrogens is 282 g/mol. The molecule has 0 aliphatic rings. The van der Waals surface area contributed by atoms with Crippen molar-refractivity contribution in [2.24, 2.45) is 0 Å². The van der Waals surface area contributed by atoms with Crippen molar-refractivity contribution in [3.05, 3.63) is 59.3 Å². The number of benzene rings is 1. The Hall–Kier alpha value is -2.32. The van der Waals surface area contributed by atoms with Crippen molar-refractivity contribution in [1.82, 2.24) is 10.3 Å². The number of nitrogens with zero attached hydrogens (tertiary/aromatic N) is 2. The number of rotatable bonds is 5. The predicted molar refractivity (Wildman–Crippen MR) is 82.7 cm³/mol. The molecule has 2 aromatic rings. The SMILES string of the molecule is Cc1ccc(CNC(=O)CSc2ncccc2C#N)cc1. The second-order valence-electron chi connectivity index (χ2n) is 4.52.